The van der Waals surface area contributed by atoms with E-state index < -0.39 is 5.97 Å². The number of rotatable bonds is 4. The molecule has 7 heteroatoms. The van der Waals surface area contributed by atoms with E-state index in [0.29, 0.717) is 35.4 Å². The Morgan fingerprint density at radius 2 is 2.23 bits per heavy atom. The maximum Gasteiger partial charge on any atom is 0.333 e. The van der Waals surface area contributed by atoms with Crippen molar-refractivity contribution in [2.45, 2.75) is 13.5 Å². The van der Waals surface area contributed by atoms with Gasteiger partial charge < -0.3 is 19.1 Å². The van der Waals surface area contributed by atoms with E-state index in [0.717, 1.165) is 5.56 Å². The van der Waals surface area contributed by atoms with Crippen LogP contribution in [0.2, 0.25) is 0 Å². The molecule has 2 heterocycles. The normalized spacial score (nSPS) is 18.1. The Kier molecular flexibility index (Phi) is 4.24. The number of fused-ring (bicyclic) bond motifs is 1. The van der Waals surface area contributed by atoms with Crippen LogP contribution in [-0.2, 0) is 20.9 Å². The van der Waals surface area contributed by atoms with Crippen molar-refractivity contribution in [3.05, 3.63) is 34.9 Å². The molecule has 116 valence electrons. The zero-order chi connectivity index (χ0) is 15.5. The van der Waals surface area contributed by atoms with Crippen molar-refractivity contribution in [3.8, 4) is 11.5 Å². The second kappa shape index (κ2) is 6.31. The number of thioether (sulfide) groups is 1. The van der Waals surface area contributed by atoms with Crippen LogP contribution in [0.15, 0.2) is 29.3 Å². The minimum atomic E-state index is -0.435. The van der Waals surface area contributed by atoms with Crippen LogP contribution < -0.4 is 9.47 Å². The fraction of sp³-hybridized carbons (Fsp3) is 0.333. The topological polar surface area (TPSA) is 65.1 Å². The smallest absolute Gasteiger partial charge is 0.333 e. The number of ether oxygens (including phenoxy) is 3. The highest BCUT2D eigenvalue weighted by Gasteiger charge is 2.28. The highest BCUT2D eigenvalue weighted by molar-refractivity contribution is 8.04. The molecule has 1 aromatic carbocycles. The predicted molar refractivity (Wildman–Crippen MR) is 80.3 cm³/mol. The number of nitrogens with zero attached hydrogens (tertiary/aromatic N) is 1. The Morgan fingerprint density at radius 3 is 3.05 bits per heavy atom. The summed E-state index contributed by atoms with van der Waals surface area (Å²) in [7, 11) is 0. The third-order valence-corrected chi connectivity index (χ3v) is 4.24. The minimum absolute atomic E-state index is 0.0294. The van der Waals surface area contributed by atoms with Crippen LogP contribution >= 0.6 is 11.8 Å². The van der Waals surface area contributed by atoms with Gasteiger partial charge in [-0.3, -0.25) is 4.79 Å². The number of carbonyl (C=O) groups is 2. The van der Waals surface area contributed by atoms with Crippen LogP contribution in [0, 0.1) is 0 Å². The number of carbonyl (C=O) groups excluding carboxylic acids is 2. The molecular weight excluding hydrogens is 306 g/mol. The van der Waals surface area contributed by atoms with Crippen molar-refractivity contribution in [2.24, 2.45) is 0 Å². The summed E-state index contributed by atoms with van der Waals surface area (Å²) in [5.41, 5.74) is 0.912. The summed E-state index contributed by atoms with van der Waals surface area (Å²) in [6, 6.07) is 5.55. The summed E-state index contributed by atoms with van der Waals surface area (Å²) in [6.45, 7) is 2.65. The summed E-state index contributed by atoms with van der Waals surface area (Å²) >= 11 is 1.34. The van der Waals surface area contributed by atoms with Gasteiger partial charge in [-0.2, -0.15) is 0 Å². The van der Waals surface area contributed by atoms with Crippen molar-refractivity contribution in [1.29, 1.82) is 0 Å². The lowest BCUT2D eigenvalue weighted by atomic mass is 10.2. The third-order valence-electron chi connectivity index (χ3n) is 3.22. The largest absolute Gasteiger partial charge is 0.463 e. The van der Waals surface area contributed by atoms with Gasteiger partial charge in [0.2, 0.25) is 12.7 Å². The molecular formula is C15H15NO5S. The first-order valence-corrected chi connectivity index (χ1v) is 7.86. The van der Waals surface area contributed by atoms with E-state index in [1.54, 1.807) is 11.8 Å². The molecule has 0 N–H and O–H groups in total. The van der Waals surface area contributed by atoms with E-state index in [1.165, 1.54) is 17.8 Å². The van der Waals surface area contributed by atoms with Crippen LogP contribution in [0.25, 0.3) is 0 Å². The molecule has 2 aliphatic heterocycles. The fourth-order valence-corrected chi connectivity index (χ4v) is 3.14. The van der Waals surface area contributed by atoms with Crippen molar-refractivity contribution in [2.75, 3.05) is 19.2 Å². The number of hydrogen-bond donors (Lipinski definition) is 0. The molecule has 0 radical (unpaired) electrons. The Hall–Kier alpha value is -2.15. The van der Waals surface area contributed by atoms with E-state index in [2.05, 4.69) is 0 Å². The molecule has 0 aromatic heterocycles. The van der Waals surface area contributed by atoms with Gasteiger partial charge in [-0.1, -0.05) is 17.8 Å². The van der Waals surface area contributed by atoms with E-state index in [9.17, 15) is 9.59 Å². The molecule has 1 fully saturated rings. The molecule has 0 bridgehead atoms. The molecule has 0 atom stereocenters. The highest BCUT2D eigenvalue weighted by Crippen LogP contribution is 2.35. The maximum absolute atomic E-state index is 12.0. The molecule has 1 aromatic rings. The summed E-state index contributed by atoms with van der Waals surface area (Å²) in [5, 5.41) is 0.612. The average Bonchev–Trinajstić information content (AvgIpc) is 3.08. The molecule has 1 amide bonds. The fourth-order valence-electron chi connectivity index (χ4n) is 2.21. The first-order valence-electron chi connectivity index (χ1n) is 6.87. The molecule has 3 rings (SSSR count). The van der Waals surface area contributed by atoms with Gasteiger partial charge in [0.15, 0.2) is 11.5 Å². The van der Waals surface area contributed by atoms with Crippen LogP contribution in [0.4, 0.5) is 0 Å². The lowest BCUT2D eigenvalue weighted by molar-refractivity contribution is -0.137. The molecule has 0 saturated carbocycles. The second-order valence-electron chi connectivity index (χ2n) is 4.69. The standard InChI is InChI=1S/C15H15NO5S/c1-2-19-15(18)6-14-16(13(17)8-22-14)7-10-3-4-11-12(5-10)21-9-20-11/h3-6H,2,7-9H2,1H3/b14-6-. The number of hydrogen-bond acceptors (Lipinski definition) is 6. The SMILES string of the molecule is CCOC(=O)/C=C1\SCC(=O)N1Cc1ccc2c(c1)OCO2. The average molecular weight is 321 g/mol. The summed E-state index contributed by atoms with van der Waals surface area (Å²) in [5.74, 6) is 1.24. The predicted octanol–water partition coefficient (Wildman–Crippen LogP) is 1.90. The first-order chi connectivity index (χ1) is 10.7. The van der Waals surface area contributed by atoms with Crippen molar-refractivity contribution in [1.82, 2.24) is 4.90 Å². The molecule has 22 heavy (non-hydrogen) atoms. The van der Waals surface area contributed by atoms with E-state index in [-0.39, 0.29) is 12.7 Å². The monoisotopic (exact) mass is 321 g/mol. The van der Waals surface area contributed by atoms with Crippen molar-refractivity contribution < 1.29 is 23.8 Å². The Morgan fingerprint density at radius 1 is 1.41 bits per heavy atom. The third kappa shape index (κ3) is 3.04. The minimum Gasteiger partial charge on any atom is -0.463 e. The number of amides is 1. The number of benzene rings is 1. The molecule has 2 aliphatic rings. The van der Waals surface area contributed by atoms with Gasteiger partial charge in [0.05, 0.1) is 30.0 Å². The van der Waals surface area contributed by atoms with Gasteiger partial charge in [0.25, 0.3) is 0 Å². The highest BCUT2D eigenvalue weighted by atomic mass is 32.2. The van der Waals surface area contributed by atoms with Crippen LogP contribution in [0.5, 0.6) is 11.5 Å². The number of esters is 1. The molecule has 0 aliphatic carbocycles. The van der Waals surface area contributed by atoms with E-state index in [1.807, 2.05) is 18.2 Å². The van der Waals surface area contributed by atoms with Crippen LogP contribution in [-0.4, -0.2) is 35.9 Å². The summed E-state index contributed by atoms with van der Waals surface area (Å²) < 4.78 is 15.5. The molecule has 6 nitrogen and oxygen atoms in total. The van der Waals surface area contributed by atoms with E-state index in [4.69, 9.17) is 14.2 Å². The van der Waals surface area contributed by atoms with Gasteiger partial charge in [-0.05, 0) is 24.6 Å². The van der Waals surface area contributed by atoms with Gasteiger partial charge in [-0.15, -0.1) is 0 Å². The van der Waals surface area contributed by atoms with Crippen molar-refractivity contribution >= 4 is 23.6 Å². The summed E-state index contributed by atoms with van der Waals surface area (Å²) in [4.78, 5) is 25.2. The maximum atomic E-state index is 12.0. The van der Waals surface area contributed by atoms with Crippen LogP contribution in [0.1, 0.15) is 12.5 Å². The lowest BCUT2D eigenvalue weighted by Gasteiger charge is -2.17. The van der Waals surface area contributed by atoms with Gasteiger partial charge in [-0.25, -0.2) is 4.79 Å². The second-order valence-corrected chi connectivity index (χ2v) is 5.69. The summed E-state index contributed by atoms with van der Waals surface area (Å²) in [6.07, 6.45) is 1.37. The Labute approximate surface area is 132 Å². The molecule has 0 unspecified atom stereocenters. The van der Waals surface area contributed by atoms with Gasteiger partial charge in [0.1, 0.15) is 0 Å². The molecule has 1 saturated heterocycles. The Balaban J connectivity index is 1.77. The quantitative estimate of drug-likeness (QED) is 0.623. The van der Waals surface area contributed by atoms with Gasteiger partial charge >= 0.3 is 5.97 Å². The Bertz CT molecular complexity index is 643. The lowest BCUT2D eigenvalue weighted by Crippen LogP contribution is -2.24. The zero-order valence-electron chi connectivity index (χ0n) is 12.0. The first kappa shape index (κ1) is 14.8. The molecule has 0 spiro atoms. The van der Waals surface area contributed by atoms with Gasteiger partial charge in [0, 0.05) is 0 Å². The zero-order valence-corrected chi connectivity index (χ0v) is 12.9. The van der Waals surface area contributed by atoms with E-state index >= 15 is 0 Å². The van der Waals surface area contributed by atoms with Crippen molar-refractivity contribution in [3.63, 3.8) is 0 Å². The van der Waals surface area contributed by atoms with Crippen LogP contribution in [0.3, 0.4) is 0 Å².